The fourth-order valence-electron chi connectivity index (χ4n) is 2.14. The lowest BCUT2D eigenvalue weighted by atomic mass is 9.97. The molecular weight excluding hydrogens is 279 g/mol. The van der Waals surface area contributed by atoms with Crippen LogP contribution >= 0.6 is 0 Å². The van der Waals surface area contributed by atoms with Gasteiger partial charge in [0, 0.05) is 41.3 Å². The average molecular weight is 295 g/mol. The van der Waals surface area contributed by atoms with Gasteiger partial charge in [-0.1, -0.05) is 6.92 Å². The molecular formula is C15H16F3N3. The minimum absolute atomic E-state index is 0.260. The summed E-state index contributed by atoms with van der Waals surface area (Å²) in [6.07, 6.45) is 3.71. The van der Waals surface area contributed by atoms with Crippen LogP contribution in [0.5, 0.6) is 0 Å². The van der Waals surface area contributed by atoms with Gasteiger partial charge in [-0.05, 0) is 19.0 Å². The molecule has 2 rings (SSSR count). The number of pyridine rings is 1. The average Bonchev–Trinajstić information content (AvgIpc) is 2.42. The number of nitrogens with two attached hydrogens (primary N) is 1. The predicted molar refractivity (Wildman–Crippen MR) is 75.1 cm³/mol. The fourth-order valence-corrected chi connectivity index (χ4v) is 2.14. The van der Waals surface area contributed by atoms with Gasteiger partial charge in [0.2, 0.25) is 0 Å². The second-order valence-electron chi connectivity index (χ2n) is 4.67. The SMILES string of the molecule is CCCNC(c1cnccc1N)c1c(F)cc(F)cc1F. The Labute approximate surface area is 121 Å². The van der Waals surface area contributed by atoms with Gasteiger partial charge < -0.3 is 11.1 Å². The quantitative estimate of drug-likeness (QED) is 0.891. The number of benzene rings is 1. The third kappa shape index (κ3) is 3.33. The lowest BCUT2D eigenvalue weighted by Crippen LogP contribution is -2.26. The van der Waals surface area contributed by atoms with Crippen LogP contribution < -0.4 is 11.1 Å². The van der Waals surface area contributed by atoms with Crippen LogP contribution in [-0.2, 0) is 0 Å². The number of rotatable bonds is 5. The van der Waals surface area contributed by atoms with Gasteiger partial charge in [-0.3, -0.25) is 4.98 Å². The van der Waals surface area contributed by atoms with Crippen molar-refractivity contribution in [1.82, 2.24) is 10.3 Å². The molecule has 1 aromatic carbocycles. The molecule has 3 N–H and O–H groups in total. The van der Waals surface area contributed by atoms with Crippen molar-refractivity contribution in [1.29, 1.82) is 0 Å². The van der Waals surface area contributed by atoms with Gasteiger partial charge in [0.1, 0.15) is 17.5 Å². The molecule has 0 aliphatic carbocycles. The maximum absolute atomic E-state index is 14.0. The van der Waals surface area contributed by atoms with Gasteiger partial charge in [-0.2, -0.15) is 0 Å². The number of nitrogens with one attached hydrogen (secondary N) is 1. The molecule has 0 spiro atoms. The molecule has 1 unspecified atom stereocenters. The molecule has 0 amide bonds. The third-order valence-corrected chi connectivity index (χ3v) is 3.13. The summed E-state index contributed by atoms with van der Waals surface area (Å²) < 4.78 is 41.1. The normalized spacial score (nSPS) is 12.4. The van der Waals surface area contributed by atoms with Crippen LogP contribution in [-0.4, -0.2) is 11.5 Å². The molecule has 1 aromatic heterocycles. The highest BCUT2D eigenvalue weighted by molar-refractivity contribution is 5.50. The number of anilines is 1. The fraction of sp³-hybridized carbons (Fsp3) is 0.267. The Bertz CT molecular complexity index is 608. The van der Waals surface area contributed by atoms with E-state index in [-0.39, 0.29) is 5.56 Å². The van der Waals surface area contributed by atoms with E-state index in [1.165, 1.54) is 12.4 Å². The molecule has 2 aromatic rings. The predicted octanol–water partition coefficient (Wildman–Crippen LogP) is 3.17. The Morgan fingerprint density at radius 3 is 2.48 bits per heavy atom. The molecule has 112 valence electrons. The van der Waals surface area contributed by atoms with Gasteiger partial charge in [0.25, 0.3) is 0 Å². The molecule has 0 aliphatic rings. The molecule has 1 heterocycles. The van der Waals surface area contributed by atoms with E-state index in [0.29, 0.717) is 29.9 Å². The van der Waals surface area contributed by atoms with Crippen LogP contribution in [0.4, 0.5) is 18.9 Å². The van der Waals surface area contributed by atoms with Crippen LogP contribution in [0.25, 0.3) is 0 Å². The van der Waals surface area contributed by atoms with Crippen molar-refractivity contribution >= 4 is 5.69 Å². The summed E-state index contributed by atoms with van der Waals surface area (Å²) in [6, 6.07) is 2.05. The van der Waals surface area contributed by atoms with Crippen molar-refractivity contribution in [3.05, 3.63) is 59.2 Å². The first-order valence-corrected chi connectivity index (χ1v) is 6.61. The molecule has 0 fully saturated rings. The molecule has 0 aliphatic heterocycles. The van der Waals surface area contributed by atoms with Crippen molar-refractivity contribution in [2.24, 2.45) is 0 Å². The molecule has 3 nitrogen and oxygen atoms in total. The van der Waals surface area contributed by atoms with Crippen LogP contribution in [0.1, 0.15) is 30.5 Å². The lowest BCUT2D eigenvalue weighted by Gasteiger charge is -2.21. The molecule has 0 bridgehead atoms. The number of aromatic nitrogens is 1. The second-order valence-corrected chi connectivity index (χ2v) is 4.67. The largest absolute Gasteiger partial charge is 0.398 e. The highest BCUT2D eigenvalue weighted by atomic mass is 19.1. The summed E-state index contributed by atoms with van der Waals surface area (Å²) >= 11 is 0. The van der Waals surface area contributed by atoms with Crippen LogP contribution in [0.3, 0.4) is 0 Å². The summed E-state index contributed by atoms with van der Waals surface area (Å²) in [5.41, 5.74) is 6.42. The lowest BCUT2D eigenvalue weighted by molar-refractivity contribution is 0.487. The first kappa shape index (κ1) is 15.3. The van der Waals surface area contributed by atoms with E-state index in [4.69, 9.17) is 5.73 Å². The molecule has 1 atom stereocenters. The van der Waals surface area contributed by atoms with E-state index >= 15 is 0 Å². The molecule has 0 radical (unpaired) electrons. The van der Waals surface area contributed by atoms with Crippen molar-refractivity contribution in [2.75, 3.05) is 12.3 Å². The van der Waals surface area contributed by atoms with E-state index in [1.54, 1.807) is 6.07 Å². The minimum Gasteiger partial charge on any atom is -0.398 e. The Morgan fingerprint density at radius 2 is 1.90 bits per heavy atom. The van der Waals surface area contributed by atoms with Crippen molar-refractivity contribution < 1.29 is 13.2 Å². The Hall–Kier alpha value is -2.08. The third-order valence-electron chi connectivity index (χ3n) is 3.13. The van der Waals surface area contributed by atoms with Crippen LogP contribution in [0.2, 0.25) is 0 Å². The second kappa shape index (κ2) is 6.58. The first-order valence-electron chi connectivity index (χ1n) is 6.61. The molecule has 0 saturated carbocycles. The summed E-state index contributed by atoms with van der Waals surface area (Å²) in [5.74, 6) is -2.86. The molecule has 0 saturated heterocycles. The Morgan fingerprint density at radius 1 is 1.24 bits per heavy atom. The number of nitrogens with zero attached hydrogens (tertiary/aromatic N) is 1. The number of hydrogen-bond acceptors (Lipinski definition) is 3. The van der Waals surface area contributed by atoms with Gasteiger partial charge in [-0.15, -0.1) is 0 Å². The zero-order chi connectivity index (χ0) is 15.4. The number of hydrogen-bond donors (Lipinski definition) is 2. The van der Waals surface area contributed by atoms with E-state index in [0.717, 1.165) is 6.42 Å². The van der Waals surface area contributed by atoms with E-state index in [9.17, 15) is 13.2 Å². The summed E-state index contributed by atoms with van der Waals surface area (Å²) in [7, 11) is 0. The molecule has 21 heavy (non-hydrogen) atoms. The highest BCUT2D eigenvalue weighted by Gasteiger charge is 2.24. The van der Waals surface area contributed by atoms with Crippen molar-refractivity contribution in [3.63, 3.8) is 0 Å². The number of nitrogen functional groups attached to an aromatic ring is 1. The smallest absolute Gasteiger partial charge is 0.134 e. The van der Waals surface area contributed by atoms with Gasteiger partial charge in [0.05, 0.1) is 6.04 Å². The van der Waals surface area contributed by atoms with Crippen molar-refractivity contribution in [3.8, 4) is 0 Å². The first-order chi connectivity index (χ1) is 10.0. The number of halogens is 3. The highest BCUT2D eigenvalue weighted by Crippen LogP contribution is 2.30. The van der Waals surface area contributed by atoms with Gasteiger partial charge in [0.15, 0.2) is 0 Å². The maximum atomic E-state index is 14.0. The summed E-state index contributed by atoms with van der Waals surface area (Å²) in [4.78, 5) is 3.94. The van der Waals surface area contributed by atoms with Crippen LogP contribution in [0, 0.1) is 17.5 Å². The van der Waals surface area contributed by atoms with Crippen LogP contribution in [0.15, 0.2) is 30.6 Å². The topological polar surface area (TPSA) is 50.9 Å². The van der Waals surface area contributed by atoms with E-state index in [2.05, 4.69) is 10.3 Å². The molecule has 6 heteroatoms. The minimum atomic E-state index is -0.956. The Balaban J connectivity index is 2.54. The zero-order valence-corrected chi connectivity index (χ0v) is 11.5. The van der Waals surface area contributed by atoms with E-state index < -0.39 is 23.5 Å². The zero-order valence-electron chi connectivity index (χ0n) is 11.5. The van der Waals surface area contributed by atoms with Crippen molar-refractivity contribution in [2.45, 2.75) is 19.4 Å². The maximum Gasteiger partial charge on any atom is 0.134 e. The Kier molecular flexibility index (Phi) is 4.80. The van der Waals surface area contributed by atoms with Gasteiger partial charge in [-0.25, -0.2) is 13.2 Å². The van der Waals surface area contributed by atoms with E-state index in [1.807, 2.05) is 6.92 Å². The standard InChI is InChI=1S/C15H16F3N3/c1-2-4-21-15(10-8-20-5-3-13(10)19)14-11(17)6-9(16)7-12(14)18/h3,5-8,15,21H,2,4H2,1H3,(H2,19,20). The van der Waals surface area contributed by atoms with Gasteiger partial charge >= 0.3 is 0 Å². The summed E-state index contributed by atoms with van der Waals surface area (Å²) in [6.45, 7) is 2.45. The summed E-state index contributed by atoms with van der Waals surface area (Å²) in [5, 5.41) is 3.02. The monoisotopic (exact) mass is 295 g/mol.